The highest BCUT2D eigenvalue weighted by Crippen LogP contribution is 2.15. The van der Waals surface area contributed by atoms with Crippen molar-refractivity contribution in [1.82, 2.24) is 4.90 Å². The molecule has 3 N–H and O–H groups in total. The summed E-state index contributed by atoms with van der Waals surface area (Å²) in [6.07, 6.45) is 1.39. The first-order valence-electron chi connectivity index (χ1n) is 12.0. The molecular weight excluding hydrogens is 474 g/mol. The number of halogens is 2. The van der Waals surface area contributed by atoms with Crippen LogP contribution in [0.15, 0.2) is 42.5 Å². The second-order valence-corrected chi connectivity index (χ2v) is 11.2. The SMILES string of the molecule is CCCCS(=O)(=O)C[C@@H](N)C(=O)N(Cc1cccc(CC)c1)C[C@@H](O)CCc1cc(F)cc(F)c1. The van der Waals surface area contributed by atoms with Gasteiger partial charge in [-0.3, -0.25) is 4.79 Å². The summed E-state index contributed by atoms with van der Waals surface area (Å²) < 4.78 is 51.6. The van der Waals surface area contributed by atoms with Crippen molar-refractivity contribution >= 4 is 15.7 Å². The lowest BCUT2D eigenvalue weighted by Crippen LogP contribution is -2.49. The topological polar surface area (TPSA) is 101 Å². The van der Waals surface area contributed by atoms with Gasteiger partial charge in [-0.25, -0.2) is 17.2 Å². The lowest BCUT2D eigenvalue weighted by atomic mass is 10.0. The molecule has 0 heterocycles. The van der Waals surface area contributed by atoms with E-state index in [1.54, 1.807) is 0 Å². The molecule has 1 amide bonds. The maximum Gasteiger partial charge on any atom is 0.240 e. The molecule has 0 saturated carbocycles. The van der Waals surface area contributed by atoms with Crippen LogP contribution < -0.4 is 5.73 Å². The Morgan fingerprint density at radius 3 is 2.34 bits per heavy atom. The van der Waals surface area contributed by atoms with Crippen molar-refractivity contribution in [3.63, 3.8) is 0 Å². The average Bonchev–Trinajstić information content (AvgIpc) is 2.79. The van der Waals surface area contributed by atoms with Gasteiger partial charge in [-0.05, 0) is 54.5 Å². The Hall–Kier alpha value is -2.36. The number of sulfone groups is 1. The minimum Gasteiger partial charge on any atom is -0.391 e. The zero-order chi connectivity index (χ0) is 26.0. The quantitative estimate of drug-likeness (QED) is 0.406. The molecule has 0 bridgehead atoms. The molecule has 2 aromatic carbocycles. The van der Waals surface area contributed by atoms with Crippen LogP contribution >= 0.6 is 0 Å². The van der Waals surface area contributed by atoms with E-state index in [1.807, 2.05) is 38.1 Å². The molecule has 0 saturated heterocycles. The Kier molecular flexibility index (Phi) is 11.3. The van der Waals surface area contributed by atoms with Crippen molar-refractivity contribution in [3.8, 4) is 0 Å². The Morgan fingerprint density at radius 2 is 1.71 bits per heavy atom. The summed E-state index contributed by atoms with van der Waals surface area (Å²) in [6.45, 7) is 3.96. The number of hydrogen-bond acceptors (Lipinski definition) is 5. The second kappa shape index (κ2) is 13.7. The van der Waals surface area contributed by atoms with Gasteiger partial charge < -0.3 is 15.7 Å². The van der Waals surface area contributed by atoms with E-state index in [4.69, 9.17) is 5.73 Å². The summed E-state index contributed by atoms with van der Waals surface area (Å²) in [6, 6.07) is 9.57. The van der Waals surface area contributed by atoms with E-state index in [2.05, 4.69) is 0 Å². The van der Waals surface area contributed by atoms with Gasteiger partial charge in [0.05, 0.1) is 23.7 Å². The fourth-order valence-corrected chi connectivity index (χ4v) is 5.45. The smallest absolute Gasteiger partial charge is 0.240 e. The molecule has 194 valence electrons. The number of carbonyl (C=O) groups excluding carboxylic acids is 1. The van der Waals surface area contributed by atoms with Gasteiger partial charge in [-0.15, -0.1) is 0 Å². The summed E-state index contributed by atoms with van der Waals surface area (Å²) in [4.78, 5) is 14.5. The summed E-state index contributed by atoms with van der Waals surface area (Å²) in [5.41, 5.74) is 8.33. The van der Waals surface area contributed by atoms with Crippen molar-refractivity contribution in [2.24, 2.45) is 5.73 Å². The zero-order valence-electron chi connectivity index (χ0n) is 20.4. The molecule has 0 aliphatic rings. The highest BCUT2D eigenvalue weighted by Gasteiger charge is 2.27. The number of aliphatic hydroxyl groups excluding tert-OH is 1. The zero-order valence-corrected chi connectivity index (χ0v) is 21.2. The van der Waals surface area contributed by atoms with Crippen LogP contribution in [0.3, 0.4) is 0 Å². The molecule has 2 aromatic rings. The number of aryl methyl sites for hydroxylation is 2. The fourth-order valence-electron chi connectivity index (χ4n) is 3.86. The second-order valence-electron chi connectivity index (χ2n) is 8.94. The third-order valence-electron chi connectivity index (χ3n) is 5.76. The Balaban J connectivity index is 2.14. The maximum absolute atomic E-state index is 13.5. The average molecular weight is 511 g/mol. The van der Waals surface area contributed by atoms with Crippen LogP contribution in [0.2, 0.25) is 0 Å². The van der Waals surface area contributed by atoms with E-state index in [9.17, 15) is 27.1 Å². The van der Waals surface area contributed by atoms with E-state index < -0.39 is 45.3 Å². The van der Waals surface area contributed by atoms with Crippen LogP contribution in [0.4, 0.5) is 8.78 Å². The lowest BCUT2D eigenvalue weighted by Gasteiger charge is -2.28. The first kappa shape index (κ1) is 28.9. The maximum atomic E-state index is 13.5. The minimum atomic E-state index is -3.49. The van der Waals surface area contributed by atoms with Crippen LogP contribution in [-0.2, 0) is 34.0 Å². The molecule has 0 spiro atoms. The van der Waals surface area contributed by atoms with Gasteiger partial charge in [0, 0.05) is 19.2 Å². The van der Waals surface area contributed by atoms with Crippen molar-refractivity contribution in [1.29, 1.82) is 0 Å². The monoisotopic (exact) mass is 510 g/mol. The highest BCUT2D eigenvalue weighted by atomic mass is 32.2. The molecule has 0 unspecified atom stereocenters. The molecular formula is C26H36F2N2O4S. The third kappa shape index (κ3) is 10.0. The largest absolute Gasteiger partial charge is 0.391 e. The van der Waals surface area contributed by atoms with Gasteiger partial charge in [0.25, 0.3) is 0 Å². The summed E-state index contributed by atoms with van der Waals surface area (Å²) in [5.74, 6) is -2.45. The molecule has 2 rings (SSSR count). The number of benzene rings is 2. The fraction of sp³-hybridized carbons (Fsp3) is 0.500. The van der Waals surface area contributed by atoms with Gasteiger partial charge in [-0.2, -0.15) is 0 Å². The molecule has 2 atom stereocenters. The number of amides is 1. The van der Waals surface area contributed by atoms with E-state index >= 15 is 0 Å². The van der Waals surface area contributed by atoms with Crippen molar-refractivity contribution < 1.29 is 27.1 Å². The van der Waals surface area contributed by atoms with Gasteiger partial charge >= 0.3 is 0 Å². The molecule has 35 heavy (non-hydrogen) atoms. The number of nitrogens with two attached hydrogens (primary N) is 1. The van der Waals surface area contributed by atoms with Gasteiger partial charge in [0.2, 0.25) is 5.91 Å². The number of unbranched alkanes of at least 4 members (excludes halogenated alkanes) is 1. The first-order valence-corrected chi connectivity index (χ1v) is 13.8. The number of nitrogens with zero attached hydrogens (tertiary/aromatic N) is 1. The molecule has 0 aliphatic heterocycles. The van der Waals surface area contributed by atoms with Crippen molar-refractivity contribution in [2.45, 2.75) is 64.6 Å². The first-order chi connectivity index (χ1) is 16.5. The van der Waals surface area contributed by atoms with E-state index in [-0.39, 0.29) is 31.7 Å². The molecule has 9 heteroatoms. The van der Waals surface area contributed by atoms with E-state index in [1.165, 1.54) is 17.0 Å². The Labute approximate surface area is 207 Å². The number of rotatable bonds is 14. The van der Waals surface area contributed by atoms with Crippen LogP contribution in [-0.4, -0.2) is 54.5 Å². The van der Waals surface area contributed by atoms with Crippen LogP contribution in [0.25, 0.3) is 0 Å². The minimum absolute atomic E-state index is 0.0319. The van der Waals surface area contributed by atoms with Crippen LogP contribution in [0, 0.1) is 11.6 Å². The number of aliphatic hydroxyl groups is 1. The van der Waals surface area contributed by atoms with E-state index in [0.717, 1.165) is 23.6 Å². The van der Waals surface area contributed by atoms with E-state index in [0.29, 0.717) is 18.4 Å². The standard InChI is InChI=1S/C26H36F2N2O4S/c1-3-5-11-35(33,34)18-25(29)26(32)30(16-21-8-6-7-19(4-2)12-21)17-24(31)10-9-20-13-22(27)15-23(28)14-20/h6-8,12-15,24-25,31H,3-5,9-11,16-18,29H2,1-2H3/t24-,25+/m0/s1. The Morgan fingerprint density at radius 1 is 1.06 bits per heavy atom. The molecule has 0 aliphatic carbocycles. The lowest BCUT2D eigenvalue weighted by molar-refractivity contribution is -0.134. The van der Waals surface area contributed by atoms with Gasteiger partial charge in [-0.1, -0.05) is 44.5 Å². The van der Waals surface area contributed by atoms with Crippen molar-refractivity contribution in [2.75, 3.05) is 18.1 Å². The predicted molar refractivity (Wildman–Crippen MR) is 133 cm³/mol. The molecule has 0 radical (unpaired) electrons. The van der Waals surface area contributed by atoms with Gasteiger partial charge in [0.15, 0.2) is 9.84 Å². The number of hydrogen-bond donors (Lipinski definition) is 2. The van der Waals surface area contributed by atoms with Gasteiger partial charge in [0.1, 0.15) is 11.6 Å². The summed E-state index contributed by atoms with van der Waals surface area (Å²) in [7, 11) is -3.49. The van der Waals surface area contributed by atoms with Crippen LogP contribution in [0.5, 0.6) is 0 Å². The number of carbonyl (C=O) groups is 1. The van der Waals surface area contributed by atoms with Crippen LogP contribution in [0.1, 0.15) is 49.8 Å². The predicted octanol–water partition coefficient (Wildman–Crippen LogP) is 3.39. The summed E-state index contributed by atoms with van der Waals surface area (Å²) >= 11 is 0. The molecule has 0 aromatic heterocycles. The Bertz CT molecular complexity index is 1060. The highest BCUT2D eigenvalue weighted by molar-refractivity contribution is 7.91. The third-order valence-corrected chi connectivity index (χ3v) is 7.54. The molecule has 0 fully saturated rings. The van der Waals surface area contributed by atoms with Crippen molar-refractivity contribution in [3.05, 3.63) is 70.8 Å². The molecule has 6 nitrogen and oxygen atoms in total. The summed E-state index contributed by atoms with van der Waals surface area (Å²) in [5, 5.41) is 10.6. The normalized spacial score (nSPS) is 13.4.